The lowest BCUT2D eigenvalue weighted by Crippen LogP contribution is -1.94. The quantitative estimate of drug-likeness (QED) is 0.115. The van der Waals surface area contributed by atoms with Crippen LogP contribution in [0.3, 0.4) is 0 Å². The molecule has 0 N–H and O–H groups in total. The maximum atomic E-state index is 2.44. The Morgan fingerprint density at radius 1 is 0.108 bits per heavy atom. The molecule has 4 nitrogen and oxygen atoms in total. The summed E-state index contributed by atoms with van der Waals surface area (Å²) in [5.41, 5.74) is 41.8. The van der Waals surface area contributed by atoms with Gasteiger partial charge < -0.3 is 18.3 Å². The van der Waals surface area contributed by atoms with Gasteiger partial charge in [-0.05, 0) is 288 Å². The lowest BCUT2D eigenvalue weighted by atomic mass is 9.94. The second-order valence-electron chi connectivity index (χ2n) is 34.9. The second kappa shape index (κ2) is 29.2. The summed E-state index contributed by atoms with van der Waals surface area (Å²) in [4.78, 5) is 0. The maximum Gasteiger partial charge on any atom is 0.0541 e. The van der Waals surface area contributed by atoms with Gasteiger partial charge in [-0.3, -0.25) is 0 Å². The summed E-state index contributed by atoms with van der Waals surface area (Å²) in [6.45, 7) is 0. The number of hydrogen-bond acceptors (Lipinski definition) is 0. The van der Waals surface area contributed by atoms with Crippen molar-refractivity contribution in [3.8, 4) is 145 Å². The largest absolute Gasteiger partial charge is 0.309 e. The van der Waals surface area contributed by atoms with E-state index in [0.29, 0.717) is 0 Å². The van der Waals surface area contributed by atoms with Gasteiger partial charge in [0.1, 0.15) is 0 Å². The normalized spacial score (nSPS) is 12.0. The highest BCUT2D eigenvalue weighted by atomic mass is 15.0. The number of hydrogen-bond donors (Lipinski definition) is 0. The van der Waals surface area contributed by atoms with Crippen molar-refractivity contribution in [3.63, 3.8) is 0 Å². The molecule has 0 amide bonds. The third kappa shape index (κ3) is 11.5. The average Bonchev–Trinajstić information content (AvgIpc) is 1.57. The van der Waals surface area contributed by atoms with E-state index in [1.165, 1.54) is 242 Å². The molecule has 0 spiro atoms. The lowest BCUT2D eigenvalue weighted by Gasteiger charge is -2.12. The molecule has 22 aromatic carbocycles. The number of aromatic nitrogens is 4. The fourth-order valence-electron chi connectivity index (χ4n) is 21.9. The third-order valence-corrected chi connectivity index (χ3v) is 27.9. The van der Waals surface area contributed by atoms with E-state index in [9.17, 15) is 0 Å². The van der Waals surface area contributed by atoms with Crippen LogP contribution in [0.5, 0.6) is 0 Å². The van der Waals surface area contributed by atoms with Crippen molar-refractivity contribution in [1.82, 2.24) is 18.3 Å². The highest BCUT2D eigenvalue weighted by molar-refractivity contribution is 6.25. The molecule has 2 aliphatic rings. The molecule has 4 heterocycles. The molecule has 130 heavy (non-hydrogen) atoms. The first-order valence-corrected chi connectivity index (χ1v) is 45.0. The first kappa shape index (κ1) is 73.2. The van der Waals surface area contributed by atoms with Crippen LogP contribution in [0.2, 0.25) is 0 Å². The van der Waals surface area contributed by atoms with Gasteiger partial charge in [0.15, 0.2) is 0 Å². The molecule has 0 saturated carbocycles. The minimum Gasteiger partial charge on any atom is -0.309 e. The zero-order chi connectivity index (χ0) is 85.2. The van der Waals surface area contributed by atoms with Crippen LogP contribution < -0.4 is 0 Å². The molecular weight excluding hydrogens is 1570 g/mol. The van der Waals surface area contributed by atoms with Gasteiger partial charge in [0.05, 0.1) is 44.1 Å². The smallest absolute Gasteiger partial charge is 0.0541 e. The monoisotopic (exact) mass is 1650 g/mol. The van der Waals surface area contributed by atoms with E-state index in [4.69, 9.17) is 0 Å². The van der Waals surface area contributed by atoms with E-state index >= 15 is 0 Å². The molecular formula is C126H78N4. The van der Waals surface area contributed by atoms with E-state index < -0.39 is 0 Å². The molecule has 0 bridgehead atoms. The van der Waals surface area contributed by atoms with E-state index in [0.717, 1.165) is 22.7 Å². The van der Waals surface area contributed by atoms with Gasteiger partial charge in [-0.1, -0.05) is 340 Å². The van der Waals surface area contributed by atoms with E-state index in [-0.39, 0.29) is 0 Å². The van der Waals surface area contributed by atoms with E-state index in [1.807, 2.05) is 0 Å². The Kier molecular flexibility index (Phi) is 16.4. The van der Waals surface area contributed by atoms with Gasteiger partial charge in [-0.25, -0.2) is 0 Å². The van der Waals surface area contributed by atoms with Gasteiger partial charge in [0.25, 0.3) is 0 Å². The summed E-state index contributed by atoms with van der Waals surface area (Å²) < 4.78 is 9.68. The van der Waals surface area contributed by atoms with E-state index in [1.54, 1.807) is 0 Å². The number of para-hydroxylation sites is 4. The molecule has 2 aliphatic carbocycles. The predicted octanol–water partition coefficient (Wildman–Crippen LogP) is 34.2. The Bertz CT molecular complexity index is 9170. The van der Waals surface area contributed by atoms with Crippen molar-refractivity contribution in [1.29, 1.82) is 0 Å². The SMILES string of the molecule is c1ccc(-c2ccc(-c3ccc(-n4c5ccccc5c5cc(-c6ccc7c(c6)c6ccccc6n7-c6ccc(-c7ccc8c9c(cccc79)-c7ccccc7-8)cc6)ccc54)cc3)cc2)cc1.c1ccc(-c2cccc(-n3c4ccccc4c4cc(-c5ccc6c(c5)c5ccccc5n6-c5cccc(-c6ccc7c(c6)-c6cc8ccccc8c8cccc-7c68)c5)ccc43)c2)cc1. The minimum atomic E-state index is 1.15. The molecule has 4 heteroatoms. The van der Waals surface area contributed by atoms with Crippen LogP contribution >= 0.6 is 0 Å². The van der Waals surface area contributed by atoms with Crippen molar-refractivity contribution in [2.75, 3.05) is 0 Å². The first-order valence-electron chi connectivity index (χ1n) is 45.0. The number of rotatable bonds is 11. The topological polar surface area (TPSA) is 19.7 Å². The molecule has 0 fully saturated rings. The molecule has 28 rings (SSSR count). The Labute approximate surface area is 750 Å². The standard InChI is InChI=1S/C64H40N2.C62H38N2/c1-2-11-41(12-3-1)42-21-23-43(24-22-42)44-25-31-48(32-26-44)65-60-19-8-6-15-53(60)58-39-46(29-37-62(58)65)47-30-38-63-59(40-47)54-16-7-9-20-61(54)66(63)49-33-27-45(28-34-49)50-35-36-57-52-14-5-4-13-51(52)56-18-10-17-55(50)64(56)57;1-2-13-39(14-3-1)40-16-10-18-46(33-40)63-58-25-8-6-21-50(58)55-36-43(28-31-60(55)63)44-29-32-61-56(37-44)51-22-7-9-26-59(51)64(61)47-19-11-17-41(34-47)42-27-30-49-53-24-12-23-52-48-20-5-4-15-45(48)38-57(62(52)53)54(49)35-42/h1-40H;1-38H. The van der Waals surface area contributed by atoms with Crippen molar-refractivity contribution < 1.29 is 0 Å². The number of fused-ring (bicyclic) bond motifs is 20. The molecule has 0 aliphatic heterocycles. The Hall–Kier alpha value is -17.2. The highest BCUT2D eigenvalue weighted by Crippen LogP contribution is 2.53. The average molecular weight is 1650 g/mol. The summed E-state index contributed by atoms with van der Waals surface area (Å²) in [6, 6.07) is 175. The van der Waals surface area contributed by atoms with Crippen LogP contribution in [0.25, 0.3) is 265 Å². The predicted molar refractivity (Wildman–Crippen MR) is 550 cm³/mol. The summed E-state index contributed by atoms with van der Waals surface area (Å²) in [5.74, 6) is 0. The minimum absolute atomic E-state index is 1.15. The van der Waals surface area contributed by atoms with Gasteiger partial charge in [-0.2, -0.15) is 0 Å². The summed E-state index contributed by atoms with van der Waals surface area (Å²) in [5, 5.41) is 17.9. The first-order chi connectivity index (χ1) is 64.5. The Morgan fingerprint density at radius 2 is 0.385 bits per heavy atom. The van der Waals surface area contributed by atoms with Crippen LogP contribution in [-0.4, -0.2) is 18.3 Å². The molecule has 0 saturated heterocycles. The van der Waals surface area contributed by atoms with Gasteiger partial charge in [0.2, 0.25) is 0 Å². The van der Waals surface area contributed by atoms with Crippen molar-refractivity contribution >= 4 is 120 Å². The number of benzene rings is 22. The molecule has 0 unspecified atom stereocenters. The second-order valence-corrected chi connectivity index (χ2v) is 34.9. The van der Waals surface area contributed by atoms with Gasteiger partial charge in [-0.15, -0.1) is 0 Å². The van der Waals surface area contributed by atoms with Crippen molar-refractivity contribution in [3.05, 3.63) is 473 Å². The van der Waals surface area contributed by atoms with E-state index in [2.05, 4.69) is 491 Å². The lowest BCUT2D eigenvalue weighted by molar-refractivity contribution is 1.18. The van der Waals surface area contributed by atoms with Crippen molar-refractivity contribution in [2.24, 2.45) is 0 Å². The van der Waals surface area contributed by atoms with Crippen LogP contribution in [0.1, 0.15) is 0 Å². The molecule has 0 radical (unpaired) electrons. The zero-order valence-corrected chi connectivity index (χ0v) is 70.8. The van der Waals surface area contributed by atoms with Gasteiger partial charge >= 0.3 is 0 Å². The third-order valence-electron chi connectivity index (χ3n) is 27.9. The summed E-state index contributed by atoms with van der Waals surface area (Å²) in [6.07, 6.45) is 0. The van der Waals surface area contributed by atoms with Crippen LogP contribution in [0, 0.1) is 0 Å². The molecule has 4 aromatic heterocycles. The summed E-state index contributed by atoms with van der Waals surface area (Å²) >= 11 is 0. The van der Waals surface area contributed by atoms with Crippen LogP contribution in [-0.2, 0) is 0 Å². The van der Waals surface area contributed by atoms with Gasteiger partial charge in [0, 0.05) is 65.8 Å². The fourth-order valence-corrected chi connectivity index (χ4v) is 21.9. The van der Waals surface area contributed by atoms with Crippen LogP contribution in [0.15, 0.2) is 473 Å². The molecule has 0 atom stereocenters. The number of nitrogens with zero attached hydrogens (tertiary/aromatic N) is 4. The Balaban J connectivity index is 0.000000134. The molecule has 26 aromatic rings. The zero-order valence-electron chi connectivity index (χ0n) is 70.8. The fraction of sp³-hybridized carbons (Fsp3) is 0. The molecule has 602 valence electrons. The van der Waals surface area contributed by atoms with Crippen molar-refractivity contribution in [2.45, 2.75) is 0 Å². The maximum absolute atomic E-state index is 2.44. The highest BCUT2D eigenvalue weighted by Gasteiger charge is 2.27. The Morgan fingerprint density at radius 3 is 0.862 bits per heavy atom. The van der Waals surface area contributed by atoms with Crippen LogP contribution in [0.4, 0.5) is 0 Å². The summed E-state index contributed by atoms with van der Waals surface area (Å²) in [7, 11) is 0.